The third-order valence-electron chi connectivity index (χ3n) is 3.60. The lowest BCUT2D eigenvalue weighted by Gasteiger charge is -2.31. The Hall–Kier alpha value is -1.88. The molecule has 0 amide bonds. The molecule has 0 saturated carbocycles. The van der Waals surface area contributed by atoms with Gasteiger partial charge >= 0.3 is 5.97 Å². The average molecular weight is 291 g/mol. The molecule has 1 N–H and O–H groups in total. The molecular formula is C16H21NO4. The third kappa shape index (κ3) is 4.04. The van der Waals surface area contributed by atoms with Crippen LogP contribution in [0.5, 0.6) is 5.75 Å². The van der Waals surface area contributed by atoms with Gasteiger partial charge in [-0.2, -0.15) is 0 Å². The van der Waals surface area contributed by atoms with Gasteiger partial charge in [-0.05, 0) is 24.1 Å². The summed E-state index contributed by atoms with van der Waals surface area (Å²) in [6.45, 7) is 3.62. The first-order chi connectivity index (χ1) is 10.1. The average Bonchev–Trinajstić information content (AvgIpc) is 2.47. The maximum atomic E-state index is 11.6. The van der Waals surface area contributed by atoms with Crippen LogP contribution in [0.25, 0.3) is 0 Å². The Bertz CT molecular complexity index is 505. The van der Waals surface area contributed by atoms with Crippen molar-refractivity contribution in [2.24, 2.45) is 0 Å². The molecule has 1 fully saturated rings. The molecule has 2 rings (SSSR count). The molecule has 1 heterocycles. The normalized spacial score (nSPS) is 17.5. The molecular weight excluding hydrogens is 270 g/mol. The zero-order valence-electron chi connectivity index (χ0n) is 12.2. The molecule has 1 unspecified atom stereocenters. The lowest BCUT2D eigenvalue weighted by Crippen LogP contribution is -2.40. The number of likely N-dealkylation sites (tertiary alicyclic amines) is 1. The minimum atomic E-state index is -0.892. The Morgan fingerprint density at radius 3 is 2.71 bits per heavy atom. The molecule has 1 saturated heterocycles. The van der Waals surface area contributed by atoms with Gasteiger partial charge in [-0.3, -0.25) is 14.5 Å². The van der Waals surface area contributed by atoms with E-state index in [1.807, 2.05) is 24.0 Å². The molecule has 0 radical (unpaired) electrons. The first kappa shape index (κ1) is 15.5. The number of carbonyl (C=O) groups excluding carboxylic acids is 1. The Kier molecular flexibility index (Phi) is 5.33. The molecule has 1 aliphatic heterocycles. The fourth-order valence-electron chi connectivity index (χ4n) is 2.54. The van der Waals surface area contributed by atoms with E-state index in [0.29, 0.717) is 43.9 Å². The van der Waals surface area contributed by atoms with Crippen LogP contribution in [0, 0.1) is 0 Å². The van der Waals surface area contributed by atoms with Crippen molar-refractivity contribution < 1.29 is 19.4 Å². The van der Waals surface area contributed by atoms with Crippen LogP contribution in [-0.4, -0.2) is 41.5 Å². The summed E-state index contributed by atoms with van der Waals surface area (Å²) in [4.78, 5) is 24.8. The van der Waals surface area contributed by atoms with Gasteiger partial charge in [-0.1, -0.05) is 19.1 Å². The van der Waals surface area contributed by atoms with Crippen molar-refractivity contribution in [1.29, 1.82) is 0 Å². The molecule has 1 atom stereocenters. The van der Waals surface area contributed by atoms with E-state index in [-0.39, 0.29) is 5.78 Å². The van der Waals surface area contributed by atoms with Gasteiger partial charge in [0.15, 0.2) is 0 Å². The van der Waals surface area contributed by atoms with Gasteiger partial charge in [0, 0.05) is 25.9 Å². The van der Waals surface area contributed by atoms with Gasteiger partial charge in [0.25, 0.3) is 0 Å². The first-order valence-corrected chi connectivity index (χ1v) is 7.33. The molecule has 0 aromatic heterocycles. The number of hydrogen-bond donors (Lipinski definition) is 1. The number of aliphatic carboxylic acids is 1. The number of carbonyl (C=O) groups is 2. The number of nitrogens with zero attached hydrogens (tertiary/aromatic N) is 1. The van der Waals surface area contributed by atoms with E-state index in [2.05, 4.69) is 0 Å². The van der Waals surface area contributed by atoms with Crippen molar-refractivity contribution in [1.82, 2.24) is 4.90 Å². The summed E-state index contributed by atoms with van der Waals surface area (Å²) in [5, 5.41) is 9.54. The summed E-state index contributed by atoms with van der Waals surface area (Å²) in [6.07, 6.45) is 1.76. The molecule has 1 aromatic carbocycles. The summed E-state index contributed by atoms with van der Waals surface area (Å²) < 4.78 is 5.56. The molecule has 1 aliphatic rings. The summed E-state index contributed by atoms with van der Waals surface area (Å²) in [6, 6.07) is 6.51. The van der Waals surface area contributed by atoms with E-state index in [0.717, 1.165) is 6.42 Å². The zero-order valence-corrected chi connectivity index (χ0v) is 12.2. The first-order valence-electron chi connectivity index (χ1n) is 7.33. The number of rotatable bonds is 6. The fraction of sp³-hybridized carbons (Fsp3) is 0.500. The van der Waals surface area contributed by atoms with E-state index in [4.69, 9.17) is 4.74 Å². The zero-order chi connectivity index (χ0) is 15.2. The highest BCUT2D eigenvalue weighted by Gasteiger charge is 2.30. The second-order valence-electron chi connectivity index (χ2n) is 5.24. The van der Waals surface area contributed by atoms with Crippen LogP contribution in [0.3, 0.4) is 0 Å². The van der Waals surface area contributed by atoms with Crippen LogP contribution in [0.15, 0.2) is 24.3 Å². The van der Waals surface area contributed by atoms with E-state index >= 15 is 0 Å². The SMILES string of the molecule is CCCOc1cccc(C(C(=O)O)N2CCC(=O)CC2)c1. The number of hydrogen-bond acceptors (Lipinski definition) is 4. The highest BCUT2D eigenvalue weighted by molar-refractivity contribution is 5.80. The van der Waals surface area contributed by atoms with Crippen LogP contribution in [0.2, 0.25) is 0 Å². The monoisotopic (exact) mass is 291 g/mol. The van der Waals surface area contributed by atoms with E-state index in [1.165, 1.54) is 0 Å². The molecule has 5 nitrogen and oxygen atoms in total. The van der Waals surface area contributed by atoms with Gasteiger partial charge in [0.05, 0.1) is 6.61 Å². The lowest BCUT2D eigenvalue weighted by molar-refractivity contribution is -0.145. The smallest absolute Gasteiger partial charge is 0.325 e. The minimum absolute atomic E-state index is 0.204. The number of piperidine rings is 1. The predicted molar refractivity (Wildman–Crippen MR) is 78.4 cm³/mol. The summed E-state index contributed by atoms with van der Waals surface area (Å²) in [5.74, 6) is 0.00101. The van der Waals surface area contributed by atoms with Crippen LogP contribution in [0.1, 0.15) is 37.8 Å². The van der Waals surface area contributed by atoms with Gasteiger partial charge in [0.1, 0.15) is 17.6 Å². The summed E-state index contributed by atoms with van der Waals surface area (Å²) in [5.41, 5.74) is 0.699. The van der Waals surface area contributed by atoms with E-state index in [9.17, 15) is 14.7 Å². The van der Waals surface area contributed by atoms with E-state index < -0.39 is 12.0 Å². The van der Waals surface area contributed by atoms with Gasteiger partial charge < -0.3 is 9.84 Å². The molecule has 1 aromatic rings. The molecule has 0 aliphatic carbocycles. The Morgan fingerprint density at radius 2 is 2.10 bits per heavy atom. The van der Waals surface area contributed by atoms with Crippen molar-refractivity contribution in [3.05, 3.63) is 29.8 Å². The van der Waals surface area contributed by atoms with Crippen LogP contribution in [0.4, 0.5) is 0 Å². The van der Waals surface area contributed by atoms with Gasteiger partial charge in [0.2, 0.25) is 0 Å². The number of benzene rings is 1. The molecule has 0 spiro atoms. The second kappa shape index (κ2) is 7.22. The number of ether oxygens (including phenoxy) is 1. The highest BCUT2D eigenvalue weighted by atomic mass is 16.5. The van der Waals surface area contributed by atoms with Crippen LogP contribution in [-0.2, 0) is 9.59 Å². The Morgan fingerprint density at radius 1 is 1.38 bits per heavy atom. The predicted octanol–water partition coefficient (Wildman–Crippen LogP) is 2.27. The number of carboxylic acid groups (broad SMARTS) is 1. The number of ketones is 1. The lowest BCUT2D eigenvalue weighted by atomic mass is 10.0. The second-order valence-corrected chi connectivity index (χ2v) is 5.24. The Labute approximate surface area is 124 Å². The largest absolute Gasteiger partial charge is 0.494 e. The van der Waals surface area contributed by atoms with E-state index in [1.54, 1.807) is 12.1 Å². The van der Waals surface area contributed by atoms with Crippen molar-refractivity contribution >= 4 is 11.8 Å². The van der Waals surface area contributed by atoms with Crippen molar-refractivity contribution in [2.45, 2.75) is 32.2 Å². The fourth-order valence-corrected chi connectivity index (χ4v) is 2.54. The van der Waals surface area contributed by atoms with Crippen LogP contribution < -0.4 is 4.74 Å². The highest BCUT2D eigenvalue weighted by Crippen LogP contribution is 2.27. The summed E-state index contributed by atoms with van der Waals surface area (Å²) in [7, 11) is 0. The molecule has 21 heavy (non-hydrogen) atoms. The summed E-state index contributed by atoms with van der Waals surface area (Å²) >= 11 is 0. The van der Waals surface area contributed by atoms with Crippen molar-refractivity contribution in [2.75, 3.05) is 19.7 Å². The minimum Gasteiger partial charge on any atom is -0.494 e. The topological polar surface area (TPSA) is 66.8 Å². The molecule has 0 bridgehead atoms. The quantitative estimate of drug-likeness (QED) is 0.871. The molecule has 114 valence electrons. The third-order valence-corrected chi connectivity index (χ3v) is 3.60. The van der Waals surface area contributed by atoms with Gasteiger partial charge in [-0.15, -0.1) is 0 Å². The number of carboxylic acids is 1. The standard InChI is InChI=1S/C16H21NO4/c1-2-10-21-14-5-3-4-12(11-14)15(16(19)20)17-8-6-13(18)7-9-17/h3-5,11,15H,2,6-10H2,1H3,(H,19,20). The maximum absolute atomic E-state index is 11.6. The Balaban J connectivity index is 2.17. The van der Waals surface area contributed by atoms with Crippen molar-refractivity contribution in [3.8, 4) is 5.75 Å². The maximum Gasteiger partial charge on any atom is 0.325 e. The van der Waals surface area contributed by atoms with Crippen molar-refractivity contribution in [3.63, 3.8) is 0 Å². The molecule has 5 heteroatoms. The number of Topliss-reactive ketones (excluding diaryl/α,β-unsaturated/α-hetero) is 1. The van der Waals surface area contributed by atoms with Crippen LogP contribution >= 0.6 is 0 Å². The van der Waals surface area contributed by atoms with Gasteiger partial charge in [-0.25, -0.2) is 0 Å².